The van der Waals surface area contributed by atoms with Crippen molar-refractivity contribution in [1.29, 1.82) is 0 Å². The molecule has 3 N–H and O–H groups in total. The van der Waals surface area contributed by atoms with E-state index in [1.54, 1.807) is 24.3 Å². The number of hydrogen-bond donors (Lipinski definition) is 3. The summed E-state index contributed by atoms with van der Waals surface area (Å²) in [5.41, 5.74) is 4.55. The Balaban J connectivity index is 1.64. The summed E-state index contributed by atoms with van der Waals surface area (Å²) in [6.45, 7) is 9.83. The largest absolute Gasteiger partial charge is 0.495 e. The number of nitrogens with zero attached hydrogens (tertiary/aromatic N) is 1. The van der Waals surface area contributed by atoms with Crippen LogP contribution in [0.25, 0.3) is 18.5 Å². The molecule has 1 heterocycles. The summed E-state index contributed by atoms with van der Waals surface area (Å²) in [4.78, 5) is 13.1. The second-order valence-corrected chi connectivity index (χ2v) is 10.2. The van der Waals surface area contributed by atoms with Crippen molar-refractivity contribution >= 4 is 34.2 Å². The summed E-state index contributed by atoms with van der Waals surface area (Å²) in [7, 11) is -2.39. The van der Waals surface area contributed by atoms with E-state index in [2.05, 4.69) is 21.7 Å². The van der Waals surface area contributed by atoms with E-state index in [0.717, 1.165) is 16.7 Å². The molecule has 0 atom stereocenters. The lowest BCUT2D eigenvalue weighted by Gasteiger charge is -2.12. The van der Waals surface area contributed by atoms with Gasteiger partial charge in [0.2, 0.25) is 0 Å². The van der Waals surface area contributed by atoms with Gasteiger partial charge in [0.15, 0.2) is 0 Å². The number of methoxy groups -OCH3 is 1. The molecule has 0 amide bonds. The van der Waals surface area contributed by atoms with Crippen molar-refractivity contribution in [2.75, 3.05) is 17.1 Å². The number of aryl methyl sites for hydroxylation is 3. The molecule has 0 spiro atoms. The third-order valence-corrected chi connectivity index (χ3v) is 7.26. The Hall–Kier alpha value is -4.24. The summed E-state index contributed by atoms with van der Waals surface area (Å²) in [5, 5.41) is 6.82. The molecule has 0 unspecified atom stereocenters. The third kappa shape index (κ3) is 5.06. The molecular weight excluding hydrogens is 476 g/mol. The number of anilines is 2. The standard InChI is InChI=1S/C27H28N4O4S/c1-17-7-6-8-21(13-17)30-36(33,34)23-11-12-25(26(15-23)35-5)28-16-24-20(4)29-31(27(24)32)22-10-9-18(2)19(3)14-22/h6-16,28-30H,4H2,1-3,5H3. The first-order valence-electron chi connectivity index (χ1n) is 11.2. The van der Waals surface area contributed by atoms with Crippen molar-refractivity contribution in [2.24, 2.45) is 0 Å². The van der Waals surface area contributed by atoms with Crippen molar-refractivity contribution in [3.8, 4) is 11.4 Å². The van der Waals surface area contributed by atoms with Gasteiger partial charge in [-0.3, -0.25) is 14.6 Å². The number of aromatic nitrogens is 2. The number of ether oxygens (including phenoxy) is 1. The topological polar surface area (TPSA) is 105 Å². The highest BCUT2D eigenvalue weighted by Crippen LogP contribution is 2.28. The quantitative estimate of drug-likeness (QED) is 0.359. The number of rotatable bonds is 7. The molecule has 0 aliphatic rings. The predicted octanol–water partition coefficient (Wildman–Crippen LogP) is 3.16. The first kappa shape index (κ1) is 24.9. The molecule has 0 aliphatic carbocycles. The smallest absolute Gasteiger partial charge is 0.280 e. The van der Waals surface area contributed by atoms with Crippen LogP contribution in [0.5, 0.6) is 5.75 Å². The first-order chi connectivity index (χ1) is 17.1. The highest BCUT2D eigenvalue weighted by atomic mass is 32.2. The van der Waals surface area contributed by atoms with E-state index in [-0.39, 0.29) is 10.5 Å². The minimum Gasteiger partial charge on any atom is -0.495 e. The number of sulfonamides is 1. The second-order valence-electron chi connectivity index (χ2n) is 8.54. The van der Waals surface area contributed by atoms with Gasteiger partial charge in [0.25, 0.3) is 15.6 Å². The fourth-order valence-corrected chi connectivity index (χ4v) is 4.79. The highest BCUT2D eigenvalue weighted by Gasteiger charge is 2.17. The van der Waals surface area contributed by atoms with E-state index in [1.165, 1.54) is 30.1 Å². The van der Waals surface area contributed by atoms with Crippen LogP contribution in [0.15, 0.2) is 70.4 Å². The van der Waals surface area contributed by atoms with Gasteiger partial charge in [0.1, 0.15) is 5.75 Å². The van der Waals surface area contributed by atoms with Crippen LogP contribution in [0.3, 0.4) is 0 Å². The molecule has 8 nitrogen and oxygen atoms in total. The van der Waals surface area contributed by atoms with E-state index in [0.29, 0.717) is 33.4 Å². The average Bonchev–Trinajstić information content (AvgIpc) is 3.12. The maximum Gasteiger partial charge on any atom is 0.280 e. The van der Waals surface area contributed by atoms with Gasteiger partial charge < -0.3 is 10.1 Å². The highest BCUT2D eigenvalue weighted by molar-refractivity contribution is 7.92. The molecule has 4 rings (SSSR count). The molecule has 0 aliphatic heterocycles. The minimum atomic E-state index is -3.83. The van der Waals surface area contributed by atoms with E-state index in [9.17, 15) is 13.2 Å². The molecule has 4 aromatic rings. The van der Waals surface area contributed by atoms with Crippen LogP contribution >= 0.6 is 0 Å². The van der Waals surface area contributed by atoms with E-state index in [1.807, 2.05) is 45.0 Å². The van der Waals surface area contributed by atoms with Crippen molar-refractivity contribution in [3.63, 3.8) is 0 Å². The summed E-state index contributed by atoms with van der Waals surface area (Å²) >= 11 is 0. The zero-order chi connectivity index (χ0) is 26.0. The molecule has 0 saturated carbocycles. The molecule has 3 aromatic carbocycles. The molecule has 0 saturated heterocycles. The molecule has 0 radical (unpaired) electrons. The molecule has 9 heteroatoms. The molecule has 0 bridgehead atoms. The Kier molecular flexibility index (Phi) is 6.76. The zero-order valence-corrected chi connectivity index (χ0v) is 21.4. The van der Waals surface area contributed by atoms with E-state index >= 15 is 0 Å². The van der Waals surface area contributed by atoms with Crippen molar-refractivity contribution in [2.45, 2.75) is 25.7 Å². The predicted molar refractivity (Wildman–Crippen MR) is 144 cm³/mol. The van der Waals surface area contributed by atoms with Crippen LogP contribution < -0.4 is 30.9 Å². The molecule has 1 aromatic heterocycles. The number of aromatic amines is 1. The lowest BCUT2D eigenvalue weighted by atomic mass is 10.1. The Labute approximate surface area is 209 Å². The van der Waals surface area contributed by atoms with Gasteiger partial charge in [-0.25, -0.2) is 13.1 Å². The van der Waals surface area contributed by atoms with Crippen molar-refractivity contribution in [1.82, 2.24) is 9.78 Å². The van der Waals surface area contributed by atoms with Gasteiger partial charge in [0, 0.05) is 18.0 Å². The minimum absolute atomic E-state index is 0.0444. The molecule has 186 valence electrons. The summed E-state index contributed by atoms with van der Waals surface area (Å²) in [6.07, 6.45) is 1.52. The van der Waals surface area contributed by atoms with Crippen LogP contribution in [0, 0.1) is 20.8 Å². The normalized spacial score (nSPS) is 11.9. The van der Waals surface area contributed by atoms with Gasteiger partial charge >= 0.3 is 0 Å². The van der Waals surface area contributed by atoms with Gasteiger partial charge in [0.05, 0.1) is 33.9 Å². The van der Waals surface area contributed by atoms with Crippen molar-refractivity contribution in [3.05, 3.63) is 98.3 Å². The van der Waals surface area contributed by atoms with Gasteiger partial charge in [-0.2, -0.15) is 0 Å². The second kappa shape index (κ2) is 9.79. The molecule has 0 fully saturated rings. The lowest BCUT2D eigenvalue weighted by molar-refractivity contribution is 0.415. The monoisotopic (exact) mass is 504 g/mol. The molecule has 36 heavy (non-hydrogen) atoms. The lowest BCUT2D eigenvalue weighted by Crippen LogP contribution is -2.34. The Morgan fingerprint density at radius 2 is 1.78 bits per heavy atom. The maximum atomic E-state index is 13.0. The Morgan fingerprint density at radius 3 is 2.47 bits per heavy atom. The van der Waals surface area contributed by atoms with Crippen LogP contribution in [0.1, 0.15) is 16.7 Å². The molecular formula is C27H28N4O4S. The number of H-pyrrole nitrogens is 1. The van der Waals surface area contributed by atoms with Crippen LogP contribution in [0.4, 0.5) is 11.4 Å². The van der Waals surface area contributed by atoms with Gasteiger partial charge in [-0.15, -0.1) is 0 Å². The van der Waals surface area contributed by atoms with Gasteiger partial charge in [-0.1, -0.05) is 24.8 Å². The zero-order valence-electron chi connectivity index (χ0n) is 20.5. The van der Waals surface area contributed by atoms with Crippen molar-refractivity contribution < 1.29 is 13.2 Å². The average molecular weight is 505 g/mol. The third-order valence-electron chi connectivity index (χ3n) is 5.88. The summed E-state index contributed by atoms with van der Waals surface area (Å²) < 4.78 is 35.2. The number of nitrogens with one attached hydrogen (secondary N) is 3. The maximum absolute atomic E-state index is 13.0. The Bertz CT molecular complexity index is 1720. The van der Waals surface area contributed by atoms with E-state index in [4.69, 9.17) is 4.74 Å². The first-order valence-corrected chi connectivity index (χ1v) is 12.7. The fraction of sp³-hybridized carbons (Fsp3) is 0.148. The SMILES string of the molecule is C=c1[nH]n(-c2ccc(C)c(C)c2)c(=O)c1=CNc1ccc(S(=O)(=O)Nc2cccc(C)c2)cc1OC. The summed E-state index contributed by atoms with van der Waals surface area (Å²) in [6, 6.07) is 17.3. The summed E-state index contributed by atoms with van der Waals surface area (Å²) in [5.74, 6) is 0.300. The fourth-order valence-electron chi connectivity index (χ4n) is 3.72. The van der Waals surface area contributed by atoms with Crippen LogP contribution in [0.2, 0.25) is 0 Å². The number of benzene rings is 3. The van der Waals surface area contributed by atoms with Crippen LogP contribution in [-0.4, -0.2) is 25.3 Å². The Morgan fingerprint density at radius 1 is 1.00 bits per heavy atom. The number of hydrogen-bond acceptors (Lipinski definition) is 5. The van der Waals surface area contributed by atoms with Gasteiger partial charge in [-0.05, 0) is 73.9 Å². The van der Waals surface area contributed by atoms with Crippen LogP contribution in [-0.2, 0) is 10.0 Å². The van der Waals surface area contributed by atoms with E-state index < -0.39 is 10.0 Å².